The molecular weight excluding hydrogens is 498 g/mol. The standard InChI is InChI=1S/C33H33N5O2/c1-5-40-27-14-9-11-25(20-27)31-30-15-10-18-36(30)32-28(24(4)35-38(32)26-12-7-6-8-13-26)21-37(31)33(39)34-29-19-22(2)16-17-23(29)3/h6-20,31H,5,21H2,1-4H3,(H,34,39). The molecule has 0 saturated heterocycles. The quantitative estimate of drug-likeness (QED) is 0.263. The van der Waals surface area contributed by atoms with Gasteiger partial charge in [-0.15, -0.1) is 0 Å². The number of para-hydroxylation sites is 1. The molecule has 202 valence electrons. The number of benzene rings is 3. The van der Waals surface area contributed by atoms with Crippen molar-refractivity contribution in [3.63, 3.8) is 0 Å². The summed E-state index contributed by atoms with van der Waals surface area (Å²) in [6.07, 6.45) is 2.06. The van der Waals surface area contributed by atoms with Crippen LogP contribution in [-0.4, -0.2) is 31.9 Å². The van der Waals surface area contributed by atoms with Crippen molar-refractivity contribution < 1.29 is 9.53 Å². The Hall–Kier alpha value is -4.78. The van der Waals surface area contributed by atoms with Crippen molar-refractivity contribution in [2.45, 2.75) is 40.3 Å². The van der Waals surface area contributed by atoms with Gasteiger partial charge in [-0.1, -0.05) is 42.5 Å². The van der Waals surface area contributed by atoms with E-state index >= 15 is 0 Å². The number of fused-ring (bicyclic) bond motifs is 3. The van der Waals surface area contributed by atoms with E-state index in [4.69, 9.17) is 9.84 Å². The fourth-order valence-electron chi connectivity index (χ4n) is 5.50. The van der Waals surface area contributed by atoms with Gasteiger partial charge in [-0.2, -0.15) is 5.10 Å². The summed E-state index contributed by atoms with van der Waals surface area (Å²) in [6, 6.07) is 27.9. The average molecular weight is 532 g/mol. The van der Waals surface area contributed by atoms with E-state index in [1.165, 1.54) is 0 Å². The van der Waals surface area contributed by atoms with Crippen LogP contribution >= 0.6 is 0 Å². The van der Waals surface area contributed by atoms with Crippen molar-refractivity contribution in [3.05, 3.63) is 125 Å². The van der Waals surface area contributed by atoms with Crippen molar-refractivity contribution >= 4 is 11.7 Å². The fraction of sp³-hybridized carbons (Fsp3) is 0.212. The summed E-state index contributed by atoms with van der Waals surface area (Å²) in [5.41, 5.74) is 7.71. The highest BCUT2D eigenvalue weighted by atomic mass is 16.5. The Kier molecular flexibility index (Phi) is 6.64. The van der Waals surface area contributed by atoms with Gasteiger partial charge >= 0.3 is 6.03 Å². The van der Waals surface area contributed by atoms with Crippen LogP contribution in [0, 0.1) is 20.8 Å². The van der Waals surface area contributed by atoms with Crippen LogP contribution in [0.1, 0.15) is 46.6 Å². The lowest BCUT2D eigenvalue weighted by molar-refractivity contribution is 0.194. The van der Waals surface area contributed by atoms with Crippen LogP contribution in [0.3, 0.4) is 0 Å². The molecule has 3 aromatic carbocycles. The van der Waals surface area contributed by atoms with Crippen LogP contribution in [0.2, 0.25) is 0 Å². The molecule has 5 aromatic rings. The first-order valence-corrected chi connectivity index (χ1v) is 13.6. The molecule has 0 spiro atoms. The minimum absolute atomic E-state index is 0.173. The van der Waals surface area contributed by atoms with E-state index in [1.807, 2.05) is 91.9 Å². The topological polar surface area (TPSA) is 64.3 Å². The normalized spacial score (nSPS) is 14.3. The number of hydrogen-bond acceptors (Lipinski definition) is 3. The first-order chi connectivity index (χ1) is 19.4. The highest BCUT2D eigenvalue weighted by molar-refractivity contribution is 5.91. The van der Waals surface area contributed by atoms with Crippen LogP contribution < -0.4 is 10.1 Å². The zero-order valence-electron chi connectivity index (χ0n) is 23.3. The van der Waals surface area contributed by atoms with E-state index in [1.54, 1.807) is 0 Å². The van der Waals surface area contributed by atoms with Gasteiger partial charge in [-0.25, -0.2) is 9.48 Å². The van der Waals surface area contributed by atoms with Gasteiger partial charge in [0.2, 0.25) is 0 Å². The second-order valence-corrected chi connectivity index (χ2v) is 10.2. The molecule has 6 rings (SSSR count). The summed E-state index contributed by atoms with van der Waals surface area (Å²) < 4.78 is 10.0. The molecule has 3 heterocycles. The molecule has 1 aliphatic heterocycles. The van der Waals surface area contributed by atoms with Gasteiger partial charge in [0.05, 0.1) is 36.3 Å². The van der Waals surface area contributed by atoms with E-state index in [-0.39, 0.29) is 12.1 Å². The van der Waals surface area contributed by atoms with E-state index in [0.29, 0.717) is 13.2 Å². The SMILES string of the molecule is CCOc1cccc(C2c3cccn3-c3c(c(C)nn3-c3ccccc3)CN2C(=O)Nc2cc(C)ccc2C)c1. The van der Waals surface area contributed by atoms with Gasteiger partial charge in [0.1, 0.15) is 11.6 Å². The molecule has 7 nitrogen and oxygen atoms in total. The van der Waals surface area contributed by atoms with Gasteiger partial charge in [-0.3, -0.25) is 0 Å². The molecule has 1 N–H and O–H groups in total. The number of carbonyl (C=O) groups excluding carboxylic acids is 1. The number of carbonyl (C=O) groups is 1. The zero-order valence-corrected chi connectivity index (χ0v) is 23.3. The molecule has 0 bridgehead atoms. The summed E-state index contributed by atoms with van der Waals surface area (Å²) in [4.78, 5) is 16.2. The molecule has 2 aromatic heterocycles. The van der Waals surface area contributed by atoms with Gasteiger partial charge in [0.15, 0.2) is 0 Å². The van der Waals surface area contributed by atoms with Crippen LogP contribution in [0.15, 0.2) is 91.1 Å². The Balaban J connectivity index is 1.54. The molecule has 1 aliphatic rings. The molecule has 0 aliphatic carbocycles. The summed E-state index contributed by atoms with van der Waals surface area (Å²) in [5.74, 6) is 1.72. The molecule has 1 atom stereocenters. The molecule has 0 radical (unpaired) electrons. The number of nitrogens with one attached hydrogen (secondary N) is 1. The lowest BCUT2D eigenvalue weighted by Gasteiger charge is -2.31. The Bertz CT molecular complexity index is 1680. The first-order valence-electron chi connectivity index (χ1n) is 13.6. The second kappa shape index (κ2) is 10.4. The van der Waals surface area contributed by atoms with Crippen molar-refractivity contribution in [2.75, 3.05) is 11.9 Å². The number of hydrogen-bond donors (Lipinski definition) is 1. The Morgan fingerprint density at radius 3 is 2.60 bits per heavy atom. The number of anilines is 1. The Morgan fingerprint density at radius 1 is 0.975 bits per heavy atom. The number of aromatic nitrogens is 3. The Labute approximate surface area is 234 Å². The smallest absolute Gasteiger partial charge is 0.322 e. The number of aryl methyl sites for hydroxylation is 3. The number of amides is 2. The fourth-order valence-corrected chi connectivity index (χ4v) is 5.50. The van der Waals surface area contributed by atoms with E-state index in [9.17, 15) is 4.79 Å². The van der Waals surface area contributed by atoms with Crippen LogP contribution in [0.5, 0.6) is 5.75 Å². The van der Waals surface area contributed by atoms with E-state index < -0.39 is 0 Å². The van der Waals surface area contributed by atoms with Crippen molar-refractivity contribution in [3.8, 4) is 17.3 Å². The van der Waals surface area contributed by atoms with Crippen LogP contribution in [0.4, 0.5) is 10.5 Å². The maximum atomic E-state index is 14.3. The van der Waals surface area contributed by atoms with Gasteiger partial charge < -0.3 is 19.5 Å². The van der Waals surface area contributed by atoms with E-state index in [0.717, 1.165) is 56.6 Å². The largest absolute Gasteiger partial charge is 0.494 e. The molecule has 1 unspecified atom stereocenters. The van der Waals surface area contributed by atoms with Crippen LogP contribution in [-0.2, 0) is 6.54 Å². The monoisotopic (exact) mass is 531 g/mol. The van der Waals surface area contributed by atoms with E-state index in [2.05, 4.69) is 46.4 Å². The Morgan fingerprint density at radius 2 is 1.80 bits per heavy atom. The average Bonchev–Trinajstić information content (AvgIpc) is 3.52. The lowest BCUT2D eigenvalue weighted by atomic mass is 10.0. The molecule has 0 fully saturated rings. The van der Waals surface area contributed by atoms with Gasteiger partial charge in [-0.05, 0) is 86.8 Å². The number of ether oxygens (including phenoxy) is 1. The maximum Gasteiger partial charge on any atom is 0.322 e. The van der Waals surface area contributed by atoms with Crippen molar-refractivity contribution in [2.24, 2.45) is 0 Å². The molecular formula is C33H33N5O2. The molecule has 40 heavy (non-hydrogen) atoms. The lowest BCUT2D eigenvalue weighted by Crippen LogP contribution is -2.38. The predicted octanol–water partition coefficient (Wildman–Crippen LogP) is 7.12. The third-order valence-corrected chi connectivity index (χ3v) is 7.47. The third-order valence-electron chi connectivity index (χ3n) is 7.47. The highest BCUT2D eigenvalue weighted by Gasteiger charge is 2.36. The zero-order chi connectivity index (χ0) is 27.8. The van der Waals surface area contributed by atoms with Crippen LogP contribution in [0.25, 0.3) is 11.5 Å². The maximum absolute atomic E-state index is 14.3. The first kappa shape index (κ1) is 25.5. The number of nitrogens with zero attached hydrogens (tertiary/aromatic N) is 4. The number of rotatable bonds is 5. The van der Waals surface area contributed by atoms with Crippen molar-refractivity contribution in [1.29, 1.82) is 0 Å². The number of urea groups is 1. The molecule has 0 saturated carbocycles. The summed E-state index contributed by atoms with van der Waals surface area (Å²) in [7, 11) is 0. The second-order valence-electron chi connectivity index (χ2n) is 10.2. The molecule has 2 amide bonds. The summed E-state index contributed by atoms with van der Waals surface area (Å²) >= 11 is 0. The minimum atomic E-state index is -0.364. The molecule has 7 heteroatoms. The van der Waals surface area contributed by atoms with Gasteiger partial charge in [0.25, 0.3) is 0 Å². The van der Waals surface area contributed by atoms with Gasteiger partial charge in [0, 0.05) is 17.4 Å². The third kappa shape index (κ3) is 4.53. The minimum Gasteiger partial charge on any atom is -0.494 e. The highest BCUT2D eigenvalue weighted by Crippen LogP contribution is 2.39. The summed E-state index contributed by atoms with van der Waals surface area (Å²) in [6.45, 7) is 8.98. The predicted molar refractivity (Wildman–Crippen MR) is 158 cm³/mol. The van der Waals surface area contributed by atoms with Crippen molar-refractivity contribution in [1.82, 2.24) is 19.2 Å². The summed E-state index contributed by atoms with van der Waals surface area (Å²) in [5, 5.41) is 8.16.